The highest BCUT2D eigenvalue weighted by Crippen LogP contribution is 2.42. The molecule has 108 valence electrons. The van der Waals surface area contributed by atoms with E-state index in [1.165, 1.54) is 12.4 Å². The standard InChI is InChI=1S/C13H10Cl2FN4O/c1-2-21-13-19-10(16)6-11-17-7-18-20(11,13)12-8(14)4-3-5-9(12)15/h3-7H,2H2,1H3/q+1. The molecule has 5 nitrogen and oxygen atoms in total. The molecule has 0 aliphatic carbocycles. The zero-order chi connectivity index (χ0) is 15.0. The third-order valence-corrected chi connectivity index (χ3v) is 3.62. The number of hydrogen-bond acceptors (Lipinski definition) is 4. The second-order valence-corrected chi connectivity index (χ2v) is 5.03. The van der Waals surface area contributed by atoms with E-state index < -0.39 is 10.5 Å². The summed E-state index contributed by atoms with van der Waals surface area (Å²) in [4.78, 5) is 7.87. The molecule has 1 atom stereocenters. The van der Waals surface area contributed by atoms with Crippen molar-refractivity contribution in [3.63, 3.8) is 0 Å². The largest absolute Gasteiger partial charge is 0.441 e. The second-order valence-electron chi connectivity index (χ2n) is 4.22. The molecule has 1 aromatic carbocycles. The van der Waals surface area contributed by atoms with Crippen molar-refractivity contribution in [3.05, 3.63) is 40.3 Å². The molecule has 0 saturated heterocycles. The van der Waals surface area contributed by atoms with E-state index in [-0.39, 0.29) is 18.5 Å². The fourth-order valence-electron chi connectivity index (χ4n) is 2.21. The Bertz CT molecular complexity index is 709. The van der Waals surface area contributed by atoms with Crippen LogP contribution in [0, 0.1) is 0 Å². The van der Waals surface area contributed by atoms with Gasteiger partial charge in [-0.05, 0) is 28.7 Å². The maximum Gasteiger partial charge on any atom is 0.441 e. The second kappa shape index (κ2) is 5.22. The lowest BCUT2D eigenvalue weighted by atomic mass is 10.2. The molecule has 0 fully saturated rings. The number of amidine groups is 2. The van der Waals surface area contributed by atoms with Crippen LogP contribution in [0.15, 0.2) is 45.3 Å². The third kappa shape index (κ3) is 2.07. The highest BCUT2D eigenvalue weighted by molar-refractivity contribution is 6.41. The SMILES string of the molecule is CCOC1=NC(F)=CC2=NC=N[N+]21c1c(Cl)cccc1Cl. The lowest BCUT2D eigenvalue weighted by Gasteiger charge is -2.29. The van der Waals surface area contributed by atoms with Gasteiger partial charge < -0.3 is 4.74 Å². The molecule has 0 bridgehead atoms. The molecule has 2 aliphatic rings. The molecule has 1 aromatic rings. The number of halogens is 3. The fourth-order valence-corrected chi connectivity index (χ4v) is 2.85. The fraction of sp³-hybridized carbons (Fsp3) is 0.154. The van der Waals surface area contributed by atoms with Crippen LogP contribution in [0.2, 0.25) is 10.0 Å². The van der Waals surface area contributed by atoms with Crippen molar-refractivity contribution in [2.45, 2.75) is 6.92 Å². The van der Waals surface area contributed by atoms with Gasteiger partial charge in [0, 0.05) is 0 Å². The zero-order valence-corrected chi connectivity index (χ0v) is 12.4. The Morgan fingerprint density at radius 1 is 1.29 bits per heavy atom. The van der Waals surface area contributed by atoms with Crippen LogP contribution < -0.4 is 4.59 Å². The first-order valence-electron chi connectivity index (χ1n) is 6.15. The summed E-state index contributed by atoms with van der Waals surface area (Å²) in [5.41, 5.74) is 0.421. The van der Waals surface area contributed by atoms with E-state index in [2.05, 4.69) is 15.1 Å². The molecule has 0 N–H and O–H groups in total. The number of ether oxygens (including phenoxy) is 1. The Hall–Kier alpha value is -1.76. The lowest BCUT2D eigenvalue weighted by molar-refractivity contribution is 0.279. The van der Waals surface area contributed by atoms with E-state index >= 15 is 0 Å². The number of quaternary nitrogens is 1. The first-order valence-corrected chi connectivity index (χ1v) is 6.90. The van der Waals surface area contributed by atoms with Crippen molar-refractivity contribution < 1.29 is 9.13 Å². The Balaban J connectivity index is 2.29. The summed E-state index contributed by atoms with van der Waals surface area (Å²) in [6.07, 6.45) is 2.48. The summed E-state index contributed by atoms with van der Waals surface area (Å²) < 4.78 is 18.7. The van der Waals surface area contributed by atoms with E-state index in [4.69, 9.17) is 27.9 Å². The maximum absolute atomic E-state index is 13.7. The molecule has 0 radical (unpaired) electrons. The molecule has 21 heavy (non-hydrogen) atoms. The summed E-state index contributed by atoms with van der Waals surface area (Å²) in [6.45, 7) is 2.05. The van der Waals surface area contributed by atoms with Gasteiger partial charge in [0.05, 0.1) is 12.7 Å². The first-order chi connectivity index (χ1) is 10.1. The predicted molar refractivity (Wildman–Crippen MR) is 82.4 cm³/mol. The van der Waals surface area contributed by atoms with Crippen molar-refractivity contribution in [2.75, 3.05) is 6.61 Å². The summed E-state index contributed by atoms with van der Waals surface area (Å²) in [5, 5.41) is 5.01. The van der Waals surface area contributed by atoms with Gasteiger partial charge in [0.2, 0.25) is 11.6 Å². The minimum absolute atomic E-state index is 0.0139. The van der Waals surface area contributed by atoms with E-state index in [1.54, 1.807) is 25.1 Å². The molecular formula is C13H10Cl2FN4O+. The number of nitrogens with zero attached hydrogens (tertiary/aromatic N) is 4. The van der Waals surface area contributed by atoms with Crippen LogP contribution in [0.1, 0.15) is 6.92 Å². The number of fused-ring (bicyclic) bond motifs is 1. The highest BCUT2D eigenvalue weighted by Gasteiger charge is 2.53. The quantitative estimate of drug-likeness (QED) is 0.600. The molecule has 3 rings (SSSR count). The maximum atomic E-state index is 13.7. The number of aliphatic imine (C=N–C) groups is 2. The van der Waals surface area contributed by atoms with E-state index in [0.717, 1.165) is 0 Å². The van der Waals surface area contributed by atoms with Gasteiger partial charge >= 0.3 is 6.02 Å². The van der Waals surface area contributed by atoms with E-state index in [9.17, 15) is 4.39 Å². The summed E-state index contributed by atoms with van der Waals surface area (Å²) in [7, 11) is 0. The van der Waals surface area contributed by atoms with E-state index in [0.29, 0.717) is 15.7 Å². The minimum Gasteiger partial charge on any atom is -0.434 e. The van der Waals surface area contributed by atoms with Gasteiger partial charge in [0.25, 0.3) is 5.84 Å². The third-order valence-electron chi connectivity index (χ3n) is 3.01. The van der Waals surface area contributed by atoms with Crippen molar-refractivity contribution >= 4 is 47.1 Å². The number of rotatable bonds is 2. The Morgan fingerprint density at radius 3 is 2.67 bits per heavy atom. The van der Waals surface area contributed by atoms with Gasteiger partial charge in [-0.1, -0.05) is 29.3 Å². The van der Waals surface area contributed by atoms with Crippen LogP contribution in [0.25, 0.3) is 0 Å². The van der Waals surface area contributed by atoms with Gasteiger partial charge in [0.15, 0.2) is 6.34 Å². The minimum atomic E-state index is -0.709. The summed E-state index contributed by atoms with van der Waals surface area (Å²) >= 11 is 12.5. The topological polar surface area (TPSA) is 46.3 Å². The van der Waals surface area contributed by atoms with Gasteiger partial charge in [0.1, 0.15) is 10.0 Å². The van der Waals surface area contributed by atoms with Crippen LogP contribution in [0.4, 0.5) is 10.1 Å². The van der Waals surface area contributed by atoms with Gasteiger partial charge in [-0.3, -0.25) is 0 Å². The Labute approximate surface area is 130 Å². The van der Waals surface area contributed by atoms with Gasteiger partial charge in [-0.15, -0.1) is 4.99 Å². The van der Waals surface area contributed by atoms with Crippen molar-refractivity contribution in [3.8, 4) is 0 Å². The van der Waals surface area contributed by atoms with Gasteiger partial charge in [-0.2, -0.15) is 9.38 Å². The summed E-state index contributed by atoms with van der Waals surface area (Å²) in [6, 6.07) is 5.06. The number of benzene rings is 1. The smallest absolute Gasteiger partial charge is 0.434 e. The lowest BCUT2D eigenvalue weighted by Crippen LogP contribution is -2.54. The van der Waals surface area contributed by atoms with Crippen LogP contribution in [-0.4, -0.2) is 24.8 Å². The molecule has 0 saturated carbocycles. The van der Waals surface area contributed by atoms with Crippen molar-refractivity contribution in [1.29, 1.82) is 0 Å². The Morgan fingerprint density at radius 2 is 2.00 bits per heavy atom. The number of hydrogen-bond donors (Lipinski definition) is 0. The van der Waals surface area contributed by atoms with Crippen LogP contribution >= 0.6 is 23.2 Å². The molecule has 8 heteroatoms. The van der Waals surface area contributed by atoms with Crippen LogP contribution in [0.3, 0.4) is 0 Å². The summed E-state index contributed by atoms with van der Waals surface area (Å²) in [5.74, 6) is -0.430. The average molecular weight is 328 g/mol. The molecule has 2 aliphatic heterocycles. The molecule has 0 amide bonds. The zero-order valence-electron chi connectivity index (χ0n) is 10.9. The molecule has 1 unspecified atom stereocenters. The predicted octanol–water partition coefficient (Wildman–Crippen LogP) is 3.87. The molecule has 2 heterocycles. The van der Waals surface area contributed by atoms with Crippen LogP contribution in [0.5, 0.6) is 0 Å². The average Bonchev–Trinajstić information content (AvgIpc) is 2.83. The van der Waals surface area contributed by atoms with Crippen LogP contribution in [-0.2, 0) is 4.74 Å². The molecule has 0 spiro atoms. The molecular weight excluding hydrogens is 318 g/mol. The van der Waals surface area contributed by atoms with Crippen molar-refractivity contribution in [2.24, 2.45) is 15.1 Å². The molecule has 0 aromatic heterocycles. The van der Waals surface area contributed by atoms with E-state index in [1.807, 2.05) is 0 Å². The van der Waals surface area contributed by atoms with Crippen molar-refractivity contribution in [1.82, 2.24) is 4.59 Å². The monoisotopic (exact) mass is 327 g/mol. The highest BCUT2D eigenvalue weighted by atomic mass is 35.5. The number of para-hydroxylation sites is 1. The Kier molecular flexibility index (Phi) is 3.52. The normalized spacial score (nSPS) is 23.3. The van der Waals surface area contributed by atoms with Gasteiger partial charge in [-0.25, -0.2) is 0 Å². The first kappa shape index (κ1) is 14.2.